The summed E-state index contributed by atoms with van der Waals surface area (Å²) in [5, 5.41) is 22.2. The molecule has 1 aromatic carbocycles. The Labute approximate surface area is 137 Å². The quantitative estimate of drug-likeness (QED) is 0.306. The fraction of sp³-hybridized carbons (Fsp3) is 0.429. The lowest BCUT2D eigenvalue weighted by Crippen LogP contribution is -2.39. The molecule has 0 saturated heterocycles. The van der Waals surface area contributed by atoms with E-state index in [0.29, 0.717) is 11.3 Å². The Balaban J connectivity index is 2.46. The fourth-order valence-corrected chi connectivity index (χ4v) is 2.58. The number of carboxylic acid groups (broad SMARTS) is 1. The Bertz CT molecular complexity index is 593. The number of nitrogens with one attached hydrogen (secondary N) is 1. The van der Waals surface area contributed by atoms with E-state index in [1.54, 1.807) is 12.1 Å². The lowest BCUT2D eigenvalue weighted by atomic mass is 10.1. The Morgan fingerprint density at radius 3 is 2.74 bits per heavy atom. The zero-order valence-electron chi connectivity index (χ0n) is 12.8. The van der Waals surface area contributed by atoms with Crippen molar-refractivity contribution in [3.63, 3.8) is 0 Å². The monoisotopic (exact) mass is 342 g/mol. The van der Waals surface area contributed by atoms with Gasteiger partial charge in [-0.1, -0.05) is 6.07 Å². The lowest BCUT2D eigenvalue weighted by molar-refractivity contribution is -0.387. The van der Waals surface area contributed by atoms with Crippen molar-refractivity contribution in [3.05, 3.63) is 33.9 Å². The zero-order valence-corrected chi connectivity index (χ0v) is 13.6. The lowest BCUT2D eigenvalue weighted by Gasteiger charge is -2.12. The molecule has 1 amide bonds. The topological polar surface area (TPSA) is 119 Å². The van der Waals surface area contributed by atoms with Gasteiger partial charge in [-0.15, -0.1) is 0 Å². The molecule has 0 aliphatic heterocycles. The minimum Gasteiger partial charge on any atom is -0.480 e. The molecular weight excluding hydrogens is 324 g/mol. The van der Waals surface area contributed by atoms with E-state index in [0.717, 1.165) is 17.6 Å². The van der Waals surface area contributed by atoms with Gasteiger partial charge in [0.05, 0.1) is 11.5 Å². The Kier molecular flexibility index (Phi) is 7.49. The van der Waals surface area contributed by atoms with Crippen LogP contribution in [0, 0.1) is 17.0 Å². The average Bonchev–Trinajstić information content (AvgIpc) is 2.44. The van der Waals surface area contributed by atoms with Crippen LogP contribution in [0.25, 0.3) is 0 Å². The predicted octanol–water partition coefficient (Wildman–Crippen LogP) is 2.30. The summed E-state index contributed by atoms with van der Waals surface area (Å²) in [6.45, 7) is 3.27. The molecule has 0 heterocycles. The number of aliphatic carboxylic acids is 1. The van der Waals surface area contributed by atoms with E-state index in [2.05, 4.69) is 5.32 Å². The molecule has 0 spiro atoms. The second kappa shape index (κ2) is 9.11. The van der Waals surface area contributed by atoms with Crippen molar-refractivity contribution in [2.75, 3.05) is 6.61 Å². The zero-order chi connectivity index (χ0) is 17.4. The normalized spacial score (nSPS) is 11.7. The van der Waals surface area contributed by atoms with Crippen LogP contribution >= 0.6 is 12.0 Å². The van der Waals surface area contributed by atoms with Gasteiger partial charge < -0.3 is 14.6 Å². The van der Waals surface area contributed by atoms with Crippen LogP contribution in [0.15, 0.2) is 23.1 Å². The van der Waals surface area contributed by atoms with Gasteiger partial charge >= 0.3 is 5.97 Å². The van der Waals surface area contributed by atoms with Gasteiger partial charge in [-0.25, -0.2) is 4.79 Å². The maximum absolute atomic E-state index is 10.9. The first-order chi connectivity index (χ1) is 10.8. The van der Waals surface area contributed by atoms with E-state index >= 15 is 0 Å². The smallest absolute Gasteiger partial charge is 0.326 e. The molecule has 1 atom stereocenters. The van der Waals surface area contributed by atoms with Crippen LogP contribution in [0.3, 0.4) is 0 Å². The first kappa shape index (κ1) is 18.9. The summed E-state index contributed by atoms with van der Waals surface area (Å²) < 4.78 is 5.31. The number of nitrogens with zero attached hydrogens (tertiary/aromatic N) is 1. The molecule has 126 valence electrons. The molecular formula is C14H18N2O6S. The number of nitro benzene ring substituents is 1. The van der Waals surface area contributed by atoms with E-state index in [1.165, 1.54) is 13.0 Å². The van der Waals surface area contributed by atoms with Gasteiger partial charge in [0, 0.05) is 25.0 Å². The maximum atomic E-state index is 10.9. The third kappa shape index (κ3) is 6.66. The molecule has 0 radical (unpaired) electrons. The van der Waals surface area contributed by atoms with Gasteiger partial charge in [0.25, 0.3) is 5.69 Å². The van der Waals surface area contributed by atoms with Gasteiger partial charge in [-0.2, -0.15) is 0 Å². The van der Waals surface area contributed by atoms with Crippen molar-refractivity contribution in [2.24, 2.45) is 0 Å². The van der Waals surface area contributed by atoms with Crippen LogP contribution in [-0.4, -0.2) is 34.6 Å². The molecule has 23 heavy (non-hydrogen) atoms. The molecule has 1 aromatic rings. The van der Waals surface area contributed by atoms with Crippen LogP contribution in [0.2, 0.25) is 0 Å². The highest BCUT2D eigenvalue weighted by Crippen LogP contribution is 2.30. The van der Waals surface area contributed by atoms with Crippen LogP contribution < -0.4 is 5.32 Å². The number of hydrogen-bond donors (Lipinski definition) is 2. The highest BCUT2D eigenvalue weighted by atomic mass is 32.2. The molecule has 1 rings (SSSR count). The summed E-state index contributed by atoms with van der Waals surface area (Å²) in [5.74, 6) is -1.52. The average molecular weight is 342 g/mol. The van der Waals surface area contributed by atoms with Crippen molar-refractivity contribution in [1.29, 1.82) is 0 Å². The number of nitro groups is 1. The Hall–Kier alpha value is -2.13. The van der Waals surface area contributed by atoms with Crippen LogP contribution in [-0.2, 0) is 13.8 Å². The second-order valence-electron chi connectivity index (χ2n) is 4.87. The minimum atomic E-state index is -1.11. The molecule has 8 nitrogen and oxygen atoms in total. The number of carbonyl (C=O) groups is 2. The van der Waals surface area contributed by atoms with Crippen molar-refractivity contribution < 1.29 is 23.8 Å². The third-order valence-electron chi connectivity index (χ3n) is 2.86. The first-order valence-electron chi connectivity index (χ1n) is 6.85. The SMILES string of the molecule is CC(=O)N[C@@H](CCCOSc1cc(C)ccc1[N+](=O)[O-])C(=O)O. The largest absolute Gasteiger partial charge is 0.480 e. The van der Waals surface area contributed by atoms with Gasteiger partial charge in [0.2, 0.25) is 5.91 Å². The second-order valence-corrected chi connectivity index (χ2v) is 5.71. The van der Waals surface area contributed by atoms with Crippen molar-refractivity contribution in [2.45, 2.75) is 37.6 Å². The van der Waals surface area contributed by atoms with E-state index < -0.39 is 22.8 Å². The predicted molar refractivity (Wildman–Crippen MR) is 84.1 cm³/mol. The molecule has 0 aromatic heterocycles. The number of amides is 1. The number of aryl methyl sites for hydroxylation is 1. The van der Waals surface area contributed by atoms with Gasteiger partial charge in [0.15, 0.2) is 0 Å². The third-order valence-corrected chi connectivity index (χ3v) is 3.65. The highest BCUT2D eigenvalue weighted by Gasteiger charge is 2.18. The van der Waals surface area contributed by atoms with Crippen molar-refractivity contribution in [1.82, 2.24) is 5.32 Å². The summed E-state index contributed by atoms with van der Waals surface area (Å²) in [4.78, 5) is 32.7. The molecule has 0 bridgehead atoms. The molecule has 2 N–H and O–H groups in total. The standard InChI is InChI=1S/C14H18N2O6S/c1-9-5-6-12(16(20)21)13(8-9)23-22-7-3-4-11(14(18)19)15-10(2)17/h5-6,8,11H,3-4,7H2,1-2H3,(H,15,17)(H,18,19)/t11-/m0/s1. The van der Waals surface area contributed by atoms with Gasteiger partial charge in [0.1, 0.15) is 10.9 Å². The summed E-state index contributed by atoms with van der Waals surface area (Å²) in [5.41, 5.74) is 0.834. The molecule has 0 unspecified atom stereocenters. The number of rotatable bonds is 9. The number of carbonyl (C=O) groups excluding carboxylic acids is 1. The number of hydrogen-bond acceptors (Lipinski definition) is 6. The van der Waals surface area contributed by atoms with E-state index in [-0.39, 0.29) is 18.7 Å². The van der Waals surface area contributed by atoms with E-state index in [9.17, 15) is 19.7 Å². The summed E-state index contributed by atoms with van der Waals surface area (Å²) in [7, 11) is 0. The van der Waals surface area contributed by atoms with Gasteiger partial charge in [-0.3, -0.25) is 14.9 Å². The molecule has 0 aliphatic carbocycles. The van der Waals surface area contributed by atoms with Gasteiger partial charge in [-0.05, 0) is 31.4 Å². The summed E-state index contributed by atoms with van der Waals surface area (Å²) in [6.07, 6.45) is 0.606. The van der Waals surface area contributed by atoms with Crippen LogP contribution in [0.4, 0.5) is 5.69 Å². The van der Waals surface area contributed by atoms with Crippen molar-refractivity contribution in [3.8, 4) is 0 Å². The molecule has 0 saturated carbocycles. The number of carboxylic acids is 1. The number of benzene rings is 1. The molecule has 0 fully saturated rings. The van der Waals surface area contributed by atoms with E-state index in [1.807, 2.05) is 6.92 Å². The molecule has 0 aliphatic rings. The Morgan fingerprint density at radius 1 is 1.48 bits per heavy atom. The maximum Gasteiger partial charge on any atom is 0.326 e. The van der Waals surface area contributed by atoms with Crippen LogP contribution in [0.1, 0.15) is 25.3 Å². The summed E-state index contributed by atoms with van der Waals surface area (Å²) >= 11 is 0.887. The van der Waals surface area contributed by atoms with Crippen LogP contribution in [0.5, 0.6) is 0 Å². The Morgan fingerprint density at radius 2 is 2.17 bits per heavy atom. The first-order valence-corrected chi connectivity index (χ1v) is 7.60. The van der Waals surface area contributed by atoms with Crippen molar-refractivity contribution >= 4 is 29.6 Å². The minimum absolute atomic E-state index is 0.0396. The fourth-order valence-electron chi connectivity index (χ4n) is 1.79. The van der Waals surface area contributed by atoms with E-state index in [4.69, 9.17) is 9.29 Å². The summed E-state index contributed by atoms with van der Waals surface area (Å²) in [6, 6.07) is 3.75. The molecule has 9 heteroatoms. The highest BCUT2D eigenvalue weighted by molar-refractivity contribution is 7.94.